The van der Waals surface area contributed by atoms with Crippen molar-refractivity contribution in [2.45, 2.75) is 18.7 Å². The Morgan fingerprint density at radius 2 is 1.81 bits per heavy atom. The van der Waals surface area contributed by atoms with Gasteiger partial charge in [0.1, 0.15) is 0 Å². The van der Waals surface area contributed by atoms with Crippen LogP contribution in [-0.2, 0) is 10.0 Å². The zero-order valence-electron chi connectivity index (χ0n) is 11.4. The number of rotatable bonds is 3. The van der Waals surface area contributed by atoms with E-state index in [1.54, 1.807) is 19.1 Å². The standard InChI is InChI=1S/C14H14BrClN2O2S/c1-8-6-14(9(2)5-13(8)17)18-21(19,20)10-3-4-12(16)11(15)7-10/h3-7,18H,17H2,1-2H3. The minimum absolute atomic E-state index is 0.132. The van der Waals surface area contributed by atoms with E-state index in [0.29, 0.717) is 20.9 Å². The lowest BCUT2D eigenvalue weighted by Crippen LogP contribution is -2.14. The molecule has 0 unspecified atom stereocenters. The summed E-state index contributed by atoms with van der Waals surface area (Å²) in [5.74, 6) is 0. The lowest BCUT2D eigenvalue weighted by atomic mass is 10.1. The van der Waals surface area contributed by atoms with Crippen LogP contribution in [0.2, 0.25) is 5.02 Å². The zero-order valence-corrected chi connectivity index (χ0v) is 14.6. The highest BCUT2D eigenvalue weighted by molar-refractivity contribution is 9.10. The maximum absolute atomic E-state index is 12.4. The summed E-state index contributed by atoms with van der Waals surface area (Å²) in [5, 5.41) is 0.452. The molecule has 3 N–H and O–H groups in total. The number of hydrogen-bond donors (Lipinski definition) is 2. The molecule has 0 spiro atoms. The monoisotopic (exact) mass is 388 g/mol. The highest BCUT2D eigenvalue weighted by Gasteiger charge is 2.17. The first-order valence-corrected chi connectivity index (χ1v) is 8.71. The number of nitrogens with one attached hydrogen (secondary N) is 1. The lowest BCUT2D eigenvalue weighted by molar-refractivity contribution is 0.601. The van der Waals surface area contributed by atoms with Crippen LogP contribution in [-0.4, -0.2) is 8.42 Å². The summed E-state index contributed by atoms with van der Waals surface area (Å²) in [7, 11) is -3.68. The Bertz CT molecular complexity index is 807. The van der Waals surface area contributed by atoms with Crippen LogP contribution in [0.3, 0.4) is 0 Å². The maximum Gasteiger partial charge on any atom is 0.261 e. The van der Waals surface area contributed by atoms with Crippen LogP contribution >= 0.6 is 27.5 Å². The van der Waals surface area contributed by atoms with E-state index in [1.807, 2.05) is 6.92 Å². The van der Waals surface area contributed by atoms with Gasteiger partial charge >= 0.3 is 0 Å². The second-order valence-electron chi connectivity index (χ2n) is 4.71. The summed E-state index contributed by atoms with van der Waals surface area (Å²) < 4.78 is 27.9. The maximum atomic E-state index is 12.4. The molecule has 0 saturated carbocycles. The van der Waals surface area contributed by atoms with Gasteiger partial charge in [-0.2, -0.15) is 0 Å². The summed E-state index contributed by atoms with van der Waals surface area (Å²) in [4.78, 5) is 0.132. The molecule has 0 bridgehead atoms. The SMILES string of the molecule is Cc1cc(NS(=O)(=O)c2ccc(Cl)c(Br)c2)c(C)cc1N. The molecule has 2 aromatic carbocycles. The van der Waals surface area contributed by atoms with Gasteiger partial charge in [0, 0.05) is 10.2 Å². The number of sulfonamides is 1. The average molecular weight is 390 g/mol. The smallest absolute Gasteiger partial charge is 0.261 e. The summed E-state index contributed by atoms with van der Waals surface area (Å²) >= 11 is 9.10. The fraction of sp³-hybridized carbons (Fsp3) is 0.143. The average Bonchev–Trinajstić information content (AvgIpc) is 2.39. The minimum Gasteiger partial charge on any atom is -0.399 e. The Kier molecular flexibility index (Phi) is 4.51. The Balaban J connectivity index is 2.42. The third-order valence-corrected chi connectivity index (χ3v) is 5.64. The Morgan fingerprint density at radius 3 is 2.43 bits per heavy atom. The van der Waals surface area contributed by atoms with Gasteiger partial charge in [0.2, 0.25) is 0 Å². The molecule has 0 aliphatic rings. The van der Waals surface area contributed by atoms with E-state index in [2.05, 4.69) is 20.7 Å². The summed E-state index contributed by atoms with van der Waals surface area (Å²) in [6, 6.07) is 7.90. The molecule has 2 aromatic rings. The number of anilines is 2. The van der Waals surface area contributed by atoms with Crippen molar-refractivity contribution in [1.82, 2.24) is 0 Å². The van der Waals surface area contributed by atoms with Crippen molar-refractivity contribution < 1.29 is 8.42 Å². The molecule has 0 atom stereocenters. The van der Waals surface area contributed by atoms with Crippen molar-refractivity contribution in [2.24, 2.45) is 0 Å². The van der Waals surface area contributed by atoms with Gasteiger partial charge in [-0.3, -0.25) is 4.72 Å². The van der Waals surface area contributed by atoms with E-state index in [4.69, 9.17) is 17.3 Å². The van der Waals surface area contributed by atoms with E-state index >= 15 is 0 Å². The zero-order chi connectivity index (χ0) is 15.8. The molecule has 0 radical (unpaired) electrons. The van der Waals surface area contributed by atoms with Gasteiger partial charge in [0.05, 0.1) is 15.6 Å². The number of hydrogen-bond acceptors (Lipinski definition) is 3. The van der Waals surface area contributed by atoms with Gasteiger partial charge in [0.15, 0.2) is 0 Å². The van der Waals surface area contributed by atoms with Gasteiger partial charge < -0.3 is 5.73 Å². The molecule has 0 fully saturated rings. The van der Waals surface area contributed by atoms with Crippen LogP contribution in [0.1, 0.15) is 11.1 Å². The van der Waals surface area contributed by atoms with Crippen molar-refractivity contribution in [3.8, 4) is 0 Å². The molecule has 0 aromatic heterocycles. The topological polar surface area (TPSA) is 72.2 Å². The number of halogens is 2. The molecule has 4 nitrogen and oxygen atoms in total. The number of nitrogen functional groups attached to an aromatic ring is 1. The molecule has 0 heterocycles. The molecule has 0 aliphatic carbocycles. The predicted molar refractivity (Wildman–Crippen MR) is 90.3 cm³/mol. The molecule has 2 rings (SSSR count). The first-order valence-electron chi connectivity index (χ1n) is 6.05. The van der Waals surface area contributed by atoms with Crippen LogP contribution in [0.5, 0.6) is 0 Å². The minimum atomic E-state index is -3.68. The van der Waals surface area contributed by atoms with Gasteiger partial charge in [-0.25, -0.2) is 8.42 Å². The molecule has 21 heavy (non-hydrogen) atoms. The largest absolute Gasteiger partial charge is 0.399 e. The second kappa shape index (κ2) is 5.87. The van der Waals surface area contributed by atoms with Gasteiger partial charge in [0.25, 0.3) is 10.0 Å². The molecule has 7 heteroatoms. The number of benzene rings is 2. The van der Waals surface area contributed by atoms with E-state index in [-0.39, 0.29) is 4.90 Å². The second-order valence-corrected chi connectivity index (χ2v) is 7.65. The quantitative estimate of drug-likeness (QED) is 0.776. The van der Waals surface area contributed by atoms with Crippen LogP contribution in [0.15, 0.2) is 39.7 Å². The summed E-state index contributed by atoms with van der Waals surface area (Å²) in [6.07, 6.45) is 0. The lowest BCUT2D eigenvalue weighted by Gasteiger charge is -2.13. The Hall–Kier alpha value is -1.24. The fourth-order valence-corrected chi connectivity index (χ4v) is 3.59. The summed E-state index contributed by atoms with van der Waals surface area (Å²) in [6.45, 7) is 3.62. The fourth-order valence-electron chi connectivity index (χ4n) is 1.80. The van der Waals surface area contributed by atoms with E-state index in [0.717, 1.165) is 11.1 Å². The van der Waals surface area contributed by atoms with Gasteiger partial charge in [-0.1, -0.05) is 11.6 Å². The normalized spacial score (nSPS) is 11.4. The third-order valence-electron chi connectivity index (χ3n) is 3.06. The highest BCUT2D eigenvalue weighted by atomic mass is 79.9. The van der Waals surface area contributed by atoms with Crippen molar-refractivity contribution in [1.29, 1.82) is 0 Å². The van der Waals surface area contributed by atoms with Crippen molar-refractivity contribution >= 4 is 48.9 Å². The van der Waals surface area contributed by atoms with Crippen molar-refractivity contribution in [2.75, 3.05) is 10.5 Å². The van der Waals surface area contributed by atoms with E-state index in [1.165, 1.54) is 18.2 Å². The molecule has 0 aliphatic heterocycles. The molecule has 0 saturated heterocycles. The van der Waals surface area contributed by atoms with Crippen LogP contribution in [0.25, 0.3) is 0 Å². The molecular formula is C14H14BrClN2O2S. The first-order chi connectivity index (χ1) is 9.70. The van der Waals surface area contributed by atoms with E-state index < -0.39 is 10.0 Å². The Morgan fingerprint density at radius 1 is 1.14 bits per heavy atom. The van der Waals surface area contributed by atoms with E-state index in [9.17, 15) is 8.42 Å². The molecule has 112 valence electrons. The van der Waals surface area contributed by atoms with Crippen LogP contribution in [0.4, 0.5) is 11.4 Å². The summed E-state index contributed by atoms with van der Waals surface area (Å²) in [5.41, 5.74) is 8.51. The third kappa shape index (κ3) is 3.51. The van der Waals surface area contributed by atoms with Gasteiger partial charge in [-0.05, 0) is 71.2 Å². The number of aryl methyl sites for hydroxylation is 2. The van der Waals surface area contributed by atoms with Crippen molar-refractivity contribution in [3.63, 3.8) is 0 Å². The van der Waals surface area contributed by atoms with Gasteiger partial charge in [-0.15, -0.1) is 0 Å². The first kappa shape index (κ1) is 16.1. The highest BCUT2D eigenvalue weighted by Crippen LogP contribution is 2.28. The van der Waals surface area contributed by atoms with Crippen molar-refractivity contribution in [3.05, 3.63) is 51.0 Å². The van der Waals surface area contributed by atoms with Crippen LogP contribution in [0, 0.1) is 13.8 Å². The van der Waals surface area contributed by atoms with Crippen LogP contribution < -0.4 is 10.5 Å². The predicted octanol–water partition coefficient (Wildman–Crippen LogP) is 4.10. The Labute approximate surface area is 137 Å². The number of nitrogens with two attached hydrogens (primary N) is 1. The molecular weight excluding hydrogens is 376 g/mol. The molecule has 0 amide bonds.